The quantitative estimate of drug-likeness (QED) is 0.510. The number of nitro groups is 1. The summed E-state index contributed by atoms with van der Waals surface area (Å²) in [4.78, 5) is 47.5. The number of aryl methyl sites for hydroxylation is 2. The molecule has 1 aromatic heterocycles. The summed E-state index contributed by atoms with van der Waals surface area (Å²) in [6, 6.07) is 10.4. The molecule has 3 rings (SSSR count). The maximum Gasteiger partial charge on any atom is 0.290 e. The lowest BCUT2D eigenvalue weighted by Crippen LogP contribution is -2.42. The SMILES string of the molecule is CCn1nc(C(=O)NNC(=O)c2ccc([N+](=O)[O-])c(C)c2)c2ccccc2c1=O. The first kappa shape index (κ1) is 19.7. The van der Waals surface area contributed by atoms with Crippen molar-refractivity contribution in [1.82, 2.24) is 20.6 Å². The molecule has 2 aromatic carbocycles. The van der Waals surface area contributed by atoms with Crippen molar-refractivity contribution in [1.29, 1.82) is 0 Å². The van der Waals surface area contributed by atoms with Crippen LogP contribution < -0.4 is 16.4 Å². The van der Waals surface area contributed by atoms with Gasteiger partial charge in [-0.1, -0.05) is 18.2 Å². The summed E-state index contributed by atoms with van der Waals surface area (Å²) < 4.78 is 1.17. The van der Waals surface area contributed by atoms with Gasteiger partial charge in [-0.05, 0) is 32.0 Å². The van der Waals surface area contributed by atoms with Gasteiger partial charge in [0.25, 0.3) is 23.1 Å². The summed E-state index contributed by atoms with van der Waals surface area (Å²) in [6.07, 6.45) is 0. The van der Waals surface area contributed by atoms with Gasteiger partial charge in [0, 0.05) is 29.1 Å². The van der Waals surface area contributed by atoms with Crippen LogP contribution >= 0.6 is 0 Å². The smallest absolute Gasteiger partial charge is 0.267 e. The fourth-order valence-corrected chi connectivity index (χ4v) is 2.86. The minimum Gasteiger partial charge on any atom is -0.267 e. The van der Waals surface area contributed by atoms with Gasteiger partial charge in [-0.2, -0.15) is 5.10 Å². The molecule has 2 N–H and O–H groups in total. The van der Waals surface area contributed by atoms with Gasteiger partial charge < -0.3 is 0 Å². The molecule has 0 spiro atoms. The van der Waals surface area contributed by atoms with Crippen LogP contribution in [0.1, 0.15) is 33.3 Å². The van der Waals surface area contributed by atoms with E-state index < -0.39 is 16.7 Å². The van der Waals surface area contributed by atoms with Crippen LogP contribution in [-0.4, -0.2) is 26.5 Å². The third kappa shape index (κ3) is 3.81. The Morgan fingerprint density at radius 1 is 1.10 bits per heavy atom. The fourth-order valence-electron chi connectivity index (χ4n) is 2.86. The molecular formula is C19H17N5O5. The number of aromatic nitrogens is 2. The maximum atomic E-state index is 12.6. The number of carbonyl (C=O) groups excluding carboxylic acids is 2. The number of nitrogens with zero attached hydrogens (tertiary/aromatic N) is 3. The largest absolute Gasteiger partial charge is 0.290 e. The zero-order valence-corrected chi connectivity index (χ0v) is 15.6. The molecule has 2 amide bonds. The second kappa shape index (κ2) is 7.89. The second-order valence-electron chi connectivity index (χ2n) is 6.18. The van der Waals surface area contributed by atoms with Gasteiger partial charge in [-0.3, -0.25) is 35.3 Å². The van der Waals surface area contributed by atoms with Crippen molar-refractivity contribution in [3.05, 3.63) is 79.8 Å². The molecule has 148 valence electrons. The molecule has 0 saturated carbocycles. The molecule has 3 aromatic rings. The van der Waals surface area contributed by atoms with E-state index in [1.54, 1.807) is 31.2 Å². The molecule has 0 unspecified atom stereocenters. The zero-order valence-electron chi connectivity index (χ0n) is 15.6. The number of carbonyl (C=O) groups is 2. The van der Waals surface area contributed by atoms with Crippen LogP contribution in [0.25, 0.3) is 10.8 Å². The van der Waals surface area contributed by atoms with E-state index in [0.29, 0.717) is 16.3 Å². The third-order valence-corrected chi connectivity index (χ3v) is 4.33. The molecule has 0 aliphatic rings. The predicted octanol–water partition coefficient (Wildman–Crippen LogP) is 1.71. The monoisotopic (exact) mass is 395 g/mol. The number of nitrogens with one attached hydrogen (secondary N) is 2. The van der Waals surface area contributed by atoms with E-state index >= 15 is 0 Å². The van der Waals surface area contributed by atoms with Crippen LogP contribution in [0.15, 0.2) is 47.3 Å². The Kier molecular flexibility index (Phi) is 5.35. The molecule has 0 bridgehead atoms. The van der Waals surface area contributed by atoms with Crippen molar-refractivity contribution in [3.63, 3.8) is 0 Å². The predicted molar refractivity (Wildman–Crippen MR) is 104 cm³/mol. The van der Waals surface area contributed by atoms with Crippen LogP contribution in [0.5, 0.6) is 0 Å². The molecule has 10 nitrogen and oxygen atoms in total. The number of hydrogen-bond donors (Lipinski definition) is 2. The summed E-state index contributed by atoms with van der Waals surface area (Å²) in [5.41, 5.74) is 4.55. The first-order valence-corrected chi connectivity index (χ1v) is 8.69. The standard InChI is InChI=1S/C19H17N5O5/c1-3-23-19(27)14-7-5-4-6-13(14)16(22-23)18(26)21-20-17(25)12-8-9-15(24(28)29)11(2)10-12/h4-10H,3H2,1-2H3,(H,20,25)(H,21,26). The highest BCUT2D eigenvalue weighted by Crippen LogP contribution is 2.18. The average Bonchev–Trinajstić information content (AvgIpc) is 2.71. The van der Waals surface area contributed by atoms with Gasteiger partial charge in [0.2, 0.25) is 0 Å². The van der Waals surface area contributed by atoms with Crippen LogP contribution in [-0.2, 0) is 6.54 Å². The van der Waals surface area contributed by atoms with Crippen molar-refractivity contribution in [2.45, 2.75) is 20.4 Å². The molecule has 0 atom stereocenters. The van der Waals surface area contributed by atoms with E-state index in [9.17, 15) is 24.5 Å². The number of fused-ring (bicyclic) bond motifs is 1. The number of hydrazine groups is 1. The summed E-state index contributed by atoms with van der Waals surface area (Å²) in [5.74, 6) is -1.35. The molecule has 0 saturated heterocycles. The molecule has 29 heavy (non-hydrogen) atoms. The summed E-state index contributed by atoms with van der Waals surface area (Å²) in [6.45, 7) is 3.51. The van der Waals surface area contributed by atoms with Crippen LogP contribution in [0, 0.1) is 17.0 Å². The third-order valence-electron chi connectivity index (χ3n) is 4.33. The second-order valence-corrected chi connectivity index (χ2v) is 6.18. The van der Waals surface area contributed by atoms with E-state index in [1.807, 2.05) is 0 Å². The van der Waals surface area contributed by atoms with Crippen LogP contribution in [0.4, 0.5) is 5.69 Å². The maximum absolute atomic E-state index is 12.6. The van der Waals surface area contributed by atoms with E-state index in [1.165, 1.54) is 29.8 Å². The van der Waals surface area contributed by atoms with Crippen molar-refractivity contribution >= 4 is 28.3 Å². The fraction of sp³-hybridized carbons (Fsp3) is 0.158. The van der Waals surface area contributed by atoms with E-state index in [2.05, 4.69) is 16.0 Å². The van der Waals surface area contributed by atoms with Crippen molar-refractivity contribution in [3.8, 4) is 0 Å². The average molecular weight is 395 g/mol. The van der Waals surface area contributed by atoms with E-state index in [4.69, 9.17) is 0 Å². The lowest BCUT2D eigenvalue weighted by molar-refractivity contribution is -0.385. The Labute approximate surface area is 164 Å². The lowest BCUT2D eigenvalue weighted by Gasteiger charge is -2.11. The van der Waals surface area contributed by atoms with Crippen LogP contribution in [0.2, 0.25) is 0 Å². The van der Waals surface area contributed by atoms with Gasteiger partial charge in [-0.15, -0.1) is 0 Å². The number of nitro benzene ring substituents is 1. The van der Waals surface area contributed by atoms with Gasteiger partial charge in [-0.25, -0.2) is 4.68 Å². The topological polar surface area (TPSA) is 136 Å². The Balaban J connectivity index is 1.84. The van der Waals surface area contributed by atoms with E-state index in [0.717, 1.165) is 0 Å². The summed E-state index contributed by atoms with van der Waals surface area (Å²) in [5, 5.41) is 15.7. The Hall–Kier alpha value is -4.08. The molecule has 0 fully saturated rings. The molecule has 1 heterocycles. The first-order chi connectivity index (χ1) is 13.8. The molecule has 10 heteroatoms. The number of rotatable bonds is 4. The van der Waals surface area contributed by atoms with Gasteiger partial charge in [0.1, 0.15) is 0 Å². The lowest BCUT2D eigenvalue weighted by atomic mass is 10.1. The molecular weight excluding hydrogens is 378 g/mol. The summed E-state index contributed by atoms with van der Waals surface area (Å²) >= 11 is 0. The minimum absolute atomic E-state index is 0.0118. The van der Waals surface area contributed by atoms with Gasteiger partial charge in [0.15, 0.2) is 5.69 Å². The molecule has 0 aliphatic carbocycles. The van der Waals surface area contributed by atoms with Gasteiger partial charge >= 0.3 is 0 Å². The zero-order chi connectivity index (χ0) is 21.1. The van der Waals surface area contributed by atoms with Crippen molar-refractivity contribution in [2.75, 3.05) is 0 Å². The number of amides is 2. The first-order valence-electron chi connectivity index (χ1n) is 8.69. The van der Waals surface area contributed by atoms with Crippen molar-refractivity contribution in [2.24, 2.45) is 0 Å². The molecule has 0 radical (unpaired) electrons. The highest BCUT2D eigenvalue weighted by molar-refractivity contribution is 6.06. The highest BCUT2D eigenvalue weighted by atomic mass is 16.6. The highest BCUT2D eigenvalue weighted by Gasteiger charge is 2.18. The Morgan fingerprint density at radius 2 is 1.76 bits per heavy atom. The van der Waals surface area contributed by atoms with E-state index in [-0.39, 0.29) is 29.0 Å². The van der Waals surface area contributed by atoms with Crippen molar-refractivity contribution < 1.29 is 14.5 Å². The van der Waals surface area contributed by atoms with Crippen LogP contribution in [0.3, 0.4) is 0 Å². The minimum atomic E-state index is -0.699. The summed E-state index contributed by atoms with van der Waals surface area (Å²) in [7, 11) is 0. The normalized spacial score (nSPS) is 10.6. The molecule has 0 aliphatic heterocycles. The Bertz CT molecular complexity index is 1200. The number of hydrogen-bond acceptors (Lipinski definition) is 6. The number of benzene rings is 2. The van der Waals surface area contributed by atoms with Gasteiger partial charge in [0.05, 0.1) is 10.3 Å². The Morgan fingerprint density at radius 3 is 2.38 bits per heavy atom.